The van der Waals surface area contributed by atoms with Crippen LogP contribution in [0.4, 0.5) is 11.8 Å². The molecule has 1 aliphatic heterocycles. The van der Waals surface area contributed by atoms with E-state index in [4.69, 9.17) is 33.7 Å². The number of hydrogen-bond donors (Lipinski definition) is 2. The lowest BCUT2D eigenvalue weighted by Crippen LogP contribution is -2.27. The van der Waals surface area contributed by atoms with Crippen molar-refractivity contribution in [1.29, 1.82) is 0 Å². The minimum absolute atomic E-state index is 0.0384. The number of carbonyl (C=O) groups excluding carboxylic acids is 1. The molecule has 0 unspecified atom stereocenters. The number of aromatic nitrogens is 5. The maximum absolute atomic E-state index is 13.4. The third-order valence-corrected chi connectivity index (χ3v) is 5.40. The predicted molar refractivity (Wildman–Crippen MR) is 114 cm³/mol. The molecule has 0 spiro atoms. The average molecular weight is 446 g/mol. The molecule has 0 atom stereocenters. The largest absolute Gasteiger partial charge is 0.496 e. The van der Waals surface area contributed by atoms with Crippen molar-refractivity contribution in [3.05, 3.63) is 50.6 Å². The Morgan fingerprint density at radius 1 is 1.27 bits per heavy atom. The highest BCUT2D eigenvalue weighted by Crippen LogP contribution is 2.42. The Hall–Kier alpha value is -3.17. The van der Waals surface area contributed by atoms with Crippen LogP contribution in [0, 0.1) is 13.8 Å². The van der Waals surface area contributed by atoms with Crippen LogP contribution in [-0.4, -0.2) is 38.2 Å². The predicted octanol–water partition coefficient (Wildman–Crippen LogP) is 3.20. The van der Waals surface area contributed by atoms with Gasteiger partial charge in [-0.25, -0.2) is 4.98 Å². The molecule has 4 rings (SSSR count). The van der Waals surface area contributed by atoms with Crippen LogP contribution in [0.15, 0.2) is 12.4 Å². The van der Waals surface area contributed by atoms with Gasteiger partial charge in [0, 0.05) is 17.3 Å². The monoisotopic (exact) mass is 445 g/mol. The summed E-state index contributed by atoms with van der Waals surface area (Å²) in [5.74, 6) is 0.647. The normalized spacial score (nSPS) is 14.5. The molecule has 0 saturated carbocycles. The third kappa shape index (κ3) is 3.25. The summed E-state index contributed by atoms with van der Waals surface area (Å²) in [6.07, 6.45) is 4.71. The fourth-order valence-corrected chi connectivity index (χ4v) is 3.82. The molecule has 11 heteroatoms. The number of methoxy groups -OCH3 is 1. The highest BCUT2D eigenvalue weighted by molar-refractivity contribution is 6.41. The number of nitrogens with zero attached hydrogens (tertiary/aromatic N) is 5. The number of nitrogens with two attached hydrogens (primary N) is 1. The first kappa shape index (κ1) is 20.1. The number of anilines is 2. The van der Waals surface area contributed by atoms with E-state index >= 15 is 0 Å². The van der Waals surface area contributed by atoms with E-state index in [9.17, 15) is 4.79 Å². The Bertz CT molecular complexity index is 1210. The number of aromatic amines is 1. The van der Waals surface area contributed by atoms with Gasteiger partial charge < -0.3 is 10.5 Å². The number of fused-ring (bicyclic) bond motifs is 1. The third-order valence-electron chi connectivity index (χ3n) is 4.83. The van der Waals surface area contributed by atoms with Gasteiger partial charge >= 0.3 is 0 Å². The maximum atomic E-state index is 13.4. The molecular weight excluding hydrogens is 429 g/mol. The molecule has 3 aromatic rings. The number of rotatable bonds is 4. The molecule has 154 valence electrons. The molecule has 4 heterocycles. The second-order valence-corrected chi connectivity index (χ2v) is 7.46. The van der Waals surface area contributed by atoms with Gasteiger partial charge in [0.1, 0.15) is 10.9 Å². The molecule has 0 aliphatic carbocycles. The van der Waals surface area contributed by atoms with E-state index in [1.54, 1.807) is 19.4 Å². The van der Waals surface area contributed by atoms with E-state index in [0.29, 0.717) is 33.5 Å². The number of halogens is 2. The quantitative estimate of drug-likeness (QED) is 0.466. The van der Waals surface area contributed by atoms with Crippen LogP contribution in [-0.2, 0) is 11.3 Å². The zero-order valence-corrected chi connectivity index (χ0v) is 17.8. The van der Waals surface area contributed by atoms with Gasteiger partial charge in [0.2, 0.25) is 5.95 Å². The Labute approximate surface area is 181 Å². The Morgan fingerprint density at radius 2 is 2.03 bits per heavy atom. The van der Waals surface area contributed by atoms with E-state index in [1.165, 1.54) is 11.1 Å². The van der Waals surface area contributed by atoms with E-state index < -0.39 is 0 Å². The number of carbonyl (C=O) groups is 1. The molecular formula is C19H17Cl2N7O2. The topological polar surface area (TPSA) is 123 Å². The standard InChI is InChI=1S/C19H17Cl2N7O2/c1-8-5-23-13(9(2)15(8)30-3)7-28-17-14(16(21)25-19(22)26-17)10(18(28)29)4-12-11(20)6-24-27-12/h4-6H,7H2,1-3H3,(H,24,27)(H2,22,25,26). The summed E-state index contributed by atoms with van der Waals surface area (Å²) in [7, 11) is 1.60. The van der Waals surface area contributed by atoms with Crippen molar-refractivity contribution in [2.24, 2.45) is 0 Å². The van der Waals surface area contributed by atoms with Gasteiger partial charge in [-0.2, -0.15) is 10.1 Å². The Morgan fingerprint density at radius 3 is 2.70 bits per heavy atom. The van der Waals surface area contributed by atoms with Crippen LogP contribution in [0.1, 0.15) is 28.1 Å². The molecule has 1 aliphatic rings. The van der Waals surface area contributed by atoms with Crippen LogP contribution in [0.25, 0.3) is 11.6 Å². The molecule has 0 radical (unpaired) electrons. The van der Waals surface area contributed by atoms with Gasteiger partial charge in [0.25, 0.3) is 5.91 Å². The van der Waals surface area contributed by atoms with Crippen LogP contribution in [0.2, 0.25) is 10.2 Å². The molecule has 3 N–H and O–H groups in total. The van der Waals surface area contributed by atoms with Crippen molar-refractivity contribution in [2.45, 2.75) is 20.4 Å². The summed E-state index contributed by atoms with van der Waals surface area (Å²) >= 11 is 12.5. The number of aryl methyl sites for hydroxylation is 1. The van der Waals surface area contributed by atoms with Gasteiger partial charge in [-0.3, -0.25) is 19.8 Å². The summed E-state index contributed by atoms with van der Waals surface area (Å²) in [6, 6.07) is 0. The van der Waals surface area contributed by atoms with E-state index in [0.717, 1.165) is 11.1 Å². The first-order valence-corrected chi connectivity index (χ1v) is 9.62. The molecule has 3 aromatic heterocycles. The Balaban J connectivity index is 1.84. The zero-order chi connectivity index (χ0) is 21.6. The van der Waals surface area contributed by atoms with E-state index in [1.807, 2.05) is 13.8 Å². The molecule has 9 nitrogen and oxygen atoms in total. The lowest BCUT2D eigenvalue weighted by molar-refractivity contribution is -0.113. The van der Waals surface area contributed by atoms with Crippen LogP contribution in [0.5, 0.6) is 5.75 Å². The van der Waals surface area contributed by atoms with Gasteiger partial charge in [-0.1, -0.05) is 23.2 Å². The first-order valence-electron chi connectivity index (χ1n) is 8.86. The number of ether oxygens (including phenoxy) is 1. The summed E-state index contributed by atoms with van der Waals surface area (Å²) in [6.45, 7) is 3.94. The van der Waals surface area contributed by atoms with Gasteiger partial charge in [0.15, 0.2) is 5.82 Å². The molecule has 0 saturated heterocycles. The summed E-state index contributed by atoms with van der Waals surface area (Å²) < 4.78 is 5.47. The minimum Gasteiger partial charge on any atom is -0.496 e. The second kappa shape index (κ2) is 7.58. The highest BCUT2D eigenvalue weighted by atomic mass is 35.5. The van der Waals surface area contributed by atoms with Gasteiger partial charge in [-0.15, -0.1) is 0 Å². The van der Waals surface area contributed by atoms with Crippen molar-refractivity contribution in [2.75, 3.05) is 17.7 Å². The number of amides is 1. The highest BCUT2D eigenvalue weighted by Gasteiger charge is 2.37. The summed E-state index contributed by atoms with van der Waals surface area (Å²) in [5.41, 5.74) is 9.30. The molecule has 0 fully saturated rings. The average Bonchev–Trinajstić information content (AvgIpc) is 3.20. The fourth-order valence-electron chi connectivity index (χ4n) is 3.40. The van der Waals surface area contributed by atoms with Gasteiger partial charge in [0.05, 0.1) is 47.4 Å². The fraction of sp³-hybridized carbons (Fsp3) is 0.211. The maximum Gasteiger partial charge on any atom is 0.260 e. The zero-order valence-electron chi connectivity index (χ0n) is 16.3. The lowest BCUT2D eigenvalue weighted by atomic mass is 10.1. The SMILES string of the molecule is COc1c(C)cnc(CN2C(=O)C(=Cc3[nH]ncc3Cl)c3c(Cl)nc(N)nc32)c1C. The second-order valence-electron chi connectivity index (χ2n) is 6.70. The van der Waals surface area contributed by atoms with Crippen LogP contribution in [0.3, 0.4) is 0 Å². The smallest absolute Gasteiger partial charge is 0.260 e. The van der Waals surface area contributed by atoms with E-state index in [2.05, 4.69) is 25.1 Å². The van der Waals surface area contributed by atoms with Crippen molar-refractivity contribution in [3.63, 3.8) is 0 Å². The molecule has 0 bridgehead atoms. The lowest BCUT2D eigenvalue weighted by Gasteiger charge is -2.19. The van der Waals surface area contributed by atoms with E-state index in [-0.39, 0.29) is 29.1 Å². The number of H-pyrrole nitrogens is 1. The number of pyridine rings is 1. The van der Waals surface area contributed by atoms with Gasteiger partial charge in [-0.05, 0) is 19.9 Å². The van der Waals surface area contributed by atoms with Crippen molar-refractivity contribution in [3.8, 4) is 5.75 Å². The molecule has 1 amide bonds. The summed E-state index contributed by atoms with van der Waals surface area (Å²) in [4.78, 5) is 27.6. The first-order chi connectivity index (χ1) is 14.3. The number of nitrogen functional groups attached to an aromatic ring is 1. The molecule has 0 aromatic carbocycles. The minimum atomic E-state index is -0.335. The summed E-state index contributed by atoms with van der Waals surface area (Å²) in [5, 5.41) is 7.05. The van der Waals surface area contributed by atoms with Crippen molar-refractivity contribution < 1.29 is 9.53 Å². The van der Waals surface area contributed by atoms with Crippen LogP contribution < -0.4 is 15.4 Å². The van der Waals surface area contributed by atoms with Crippen molar-refractivity contribution in [1.82, 2.24) is 25.1 Å². The van der Waals surface area contributed by atoms with Crippen molar-refractivity contribution >= 4 is 52.5 Å². The molecule has 30 heavy (non-hydrogen) atoms. The Kier molecular flexibility index (Phi) is 5.08. The number of hydrogen-bond acceptors (Lipinski definition) is 7. The number of nitrogens with one attached hydrogen (secondary N) is 1. The van der Waals surface area contributed by atoms with Crippen LogP contribution >= 0.6 is 23.2 Å².